The van der Waals surface area contributed by atoms with Crippen molar-refractivity contribution in [2.75, 3.05) is 0 Å². The molecule has 0 bridgehead atoms. The van der Waals surface area contributed by atoms with Gasteiger partial charge in [0.2, 0.25) is 5.91 Å². The van der Waals surface area contributed by atoms with Gasteiger partial charge in [-0.15, -0.1) is 0 Å². The molecule has 4 rings (SSSR count). The SMILES string of the molecule is Cc1ccc2[nH]c(=O)c(CNC(=O)C3(c4ccccc4F)CC3)cc2c1. The van der Waals surface area contributed by atoms with E-state index in [-0.39, 0.29) is 23.8 Å². The van der Waals surface area contributed by atoms with Gasteiger partial charge in [0.05, 0.1) is 5.41 Å². The highest BCUT2D eigenvalue weighted by atomic mass is 19.1. The summed E-state index contributed by atoms with van der Waals surface area (Å²) in [7, 11) is 0. The number of pyridine rings is 1. The van der Waals surface area contributed by atoms with Crippen LogP contribution in [0.1, 0.15) is 29.5 Å². The van der Waals surface area contributed by atoms with Gasteiger partial charge in [-0.2, -0.15) is 0 Å². The first-order chi connectivity index (χ1) is 12.5. The van der Waals surface area contributed by atoms with E-state index in [2.05, 4.69) is 10.3 Å². The summed E-state index contributed by atoms with van der Waals surface area (Å²) >= 11 is 0. The van der Waals surface area contributed by atoms with Crippen LogP contribution < -0.4 is 10.9 Å². The van der Waals surface area contributed by atoms with Gasteiger partial charge < -0.3 is 10.3 Å². The molecule has 5 heteroatoms. The summed E-state index contributed by atoms with van der Waals surface area (Å²) in [6.07, 6.45) is 1.24. The summed E-state index contributed by atoms with van der Waals surface area (Å²) in [6.45, 7) is 2.10. The Hall–Kier alpha value is -2.95. The Morgan fingerprint density at radius 2 is 1.96 bits per heavy atom. The number of amides is 1. The van der Waals surface area contributed by atoms with Gasteiger partial charge in [0, 0.05) is 23.2 Å². The number of hydrogen-bond donors (Lipinski definition) is 2. The number of H-pyrrole nitrogens is 1. The van der Waals surface area contributed by atoms with E-state index >= 15 is 0 Å². The van der Waals surface area contributed by atoms with Crippen molar-refractivity contribution in [3.8, 4) is 0 Å². The first-order valence-corrected chi connectivity index (χ1v) is 8.65. The monoisotopic (exact) mass is 350 g/mol. The lowest BCUT2D eigenvalue weighted by molar-refractivity contribution is -0.123. The van der Waals surface area contributed by atoms with Crippen molar-refractivity contribution in [2.24, 2.45) is 0 Å². The van der Waals surface area contributed by atoms with Gasteiger partial charge in [0.1, 0.15) is 5.82 Å². The molecule has 26 heavy (non-hydrogen) atoms. The van der Waals surface area contributed by atoms with Crippen molar-refractivity contribution in [2.45, 2.75) is 31.7 Å². The van der Waals surface area contributed by atoms with Crippen molar-refractivity contribution in [3.05, 3.63) is 81.4 Å². The Bertz CT molecular complexity index is 1070. The number of carbonyl (C=O) groups excluding carboxylic acids is 1. The smallest absolute Gasteiger partial charge is 0.253 e. The predicted octanol–water partition coefficient (Wildman–Crippen LogP) is 3.32. The second-order valence-electron chi connectivity index (χ2n) is 6.96. The maximum atomic E-state index is 14.1. The quantitative estimate of drug-likeness (QED) is 0.758. The van der Waals surface area contributed by atoms with Crippen LogP contribution in [0.4, 0.5) is 4.39 Å². The lowest BCUT2D eigenvalue weighted by Crippen LogP contribution is -2.36. The van der Waals surface area contributed by atoms with Gasteiger partial charge in [0.25, 0.3) is 5.56 Å². The van der Waals surface area contributed by atoms with Crippen LogP contribution in [-0.2, 0) is 16.8 Å². The van der Waals surface area contributed by atoms with Crippen molar-refractivity contribution < 1.29 is 9.18 Å². The van der Waals surface area contributed by atoms with E-state index in [4.69, 9.17) is 0 Å². The molecule has 1 amide bonds. The van der Waals surface area contributed by atoms with Crippen LogP contribution in [0.15, 0.2) is 53.3 Å². The number of carbonyl (C=O) groups is 1. The highest BCUT2D eigenvalue weighted by molar-refractivity contribution is 5.91. The third-order valence-corrected chi connectivity index (χ3v) is 5.09. The molecule has 0 spiro atoms. The molecule has 132 valence electrons. The van der Waals surface area contributed by atoms with Gasteiger partial charge in [-0.3, -0.25) is 9.59 Å². The van der Waals surface area contributed by atoms with Crippen LogP contribution >= 0.6 is 0 Å². The van der Waals surface area contributed by atoms with Crippen LogP contribution in [0.3, 0.4) is 0 Å². The van der Waals surface area contributed by atoms with Crippen molar-refractivity contribution >= 4 is 16.8 Å². The number of aromatic amines is 1. The zero-order valence-electron chi connectivity index (χ0n) is 14.4. The highest BCUT2D eigenvalue weighted by Gasteiger charge is 2.52. The van der Waals surface area contributed by atoms with E-state index in [1.807, 2.05) is 25.1 Å². The fraction of sp³-hybridized carbons (Fsp3) is 0.238. The Kier molecular flexibility index (Phi) is 3.87. The van der Waals surface area contributed by atoms with Crippen molar-refractivity contribution in [1.29, 1.82) is 0 Å². The molecule has 1 saturated carbocycles. The molecule has 1 heterocycles. The number of fused-ring (bicyclic) bond motifs is 1. The van der Waals surface area contributed by atoms with E-state index in [9.17, 15) is 14.0 Å². The van der Waals surface area contributed by atoms with Crippen LogP contribution in [-0.4, -0.2) is 10.9 Å². The Balaban J connectivity index is 1.57. The molecule has 2 N–H and O–H groups in total. The largest absolute Gasteiger partial charge is 0.351 e. The molecule has 0 saturated heterocycles. The number of aryl methyl sites for hydroxylation is 1. The number of aromatic nitrogens is 1. The number of rotatable bonds is 4. The topological polar surface area (TPSA) is 62.0 Å². The second kappa shape index (κ2) is 6.09. The standard InChI is InChI=1S/C21H19FN2O2/c1-13-6-7-18-14(10-13)11-15(19(25)24-18)12-23-20(26)21(8-9-21)16-4-2-3-5-17(16)22/h2-7,10-11H,8-9,12H2,1H3,(H,23,26)(H,24,25). The average Bonchev–Trinajstić information content (AvgIpc) is 3.42. The highest BCUT2D eigenvalue weighted by Crippen LogP contribution is 2.49. The minimum absolute atomic E-state index is 0.119. The number of benzene rings is 2. The molecule has 3 aromatic rings. The van der Waals surface area contributed by atoms with E-state index in [0.717, 1.165) is 16.5 Å². The lowest BCUT2D eigenvalue weighted by Gasteiger charge is -2.16. The van der Waals surface area contributed by atoms with Gasteiger partial charge in [-0.25, -0.2) is 4.39 Å². The van der Waals surface area contributed by atoms with Gasteiger partial charge in [-0.1, -0.05) is 29.8 Å². The Morgan fingerprint density at radius 3 is 2.69 bits per heavy atom. The van der Waals surface area contributed by atoms with Crippen molar-refractivity contribution in [3.63, 3.8) is 0 Å². The number of nitrogens with one attached hydrogen (secondary N) is 2. The zero-order chi connectivity index (χ0) is 18.3. The maximum absolute atomic E-state index is 14.1. The van der Waals surface area contributed by atoms with Gasteiger partial charge >= 0.3 is 0 Å². The average molecular weight is 350 g/mol. The third-order valence-electron chi connectivity index (χ3n) is 5.09. The van der Waals surface area contributed by atoms with E-state index in [0.29, 0.717) is 24.0 Å². The molecule has 1 aliphatic rings. The maximum Gasteiger partial charge on any atom is 0.253 e. The molecule has 1 fully saturated rings. The summed E-state index contributed by atoms with van der Waals surface area (Å²) in [4.78, 5) is 27.8. The molecule has 0 atom stereocenters. The van der Waals surface area contributed by atoms with E-state index in [1.54, 1.807) is 24.3 Å². The van der Waals surface area contributed by atoms with Gasteiger partial charge in [-0.05, 0) is 49.4 Å². The van der Waals surface area contributed by atoms with Crippen LogP contribution in [0.5, 0.6) is 0 Å². The number of halogens is 1. The second-order valence-corrected chi connectivity index (χ2v) is 6.96. The number of hydrogen-bond acceptors (Lipinski definition) is 2. The summed E-state index contributed by atoms with van der Waals surface area (Å²) in [5.41, 5.74) is 1.75. The molecular weight excluding hydrogens is 331 g/mol. The molecule has 0 unspecified atom stereocenters. The first-order valence-electron chi connectivity index (χ1n) is 8.65. The van der Waals surface area contributed by atoms with Gasteiger partial charge in [0.15, 0.2) is 0 Å². The minimum atomic E-state index is -0.800. The van der Waals surface area contributed by atoms with E-state index < -0.39 is 5.41 Å². The Morgan fingerprint density at radius 1 is 1.19 bits per heavy atom. The fourth-order valence-electron chi connectivity index (χ4n) is 3.44. The predicted molar refractivity (Wildman–Crippen MR) is 98.5 cm³/mol. The molecule has 1 aliphatic carbocycles. The molecule has 0 radical (unpaired) electrons. The lowest BCUT2D eigenvalue weighted by atomic mass is 9.94. The van der Waals surface area contributed by atoms with E-state index in [1.165, 1.54) is 6.07 Å². The van der Waals surface area contributed by atoms with Crippen LogP contribution in [0.25, 0.3) is 10.9 Å². The molecule has 1 aromatic heterocycles. The zero-order valence-corrected chi connectivity index (χ0v) is 14.4. The summed E-state index contributed by atoms with van der Waals surface area (Å²) < 4.78 is 14.1. The summed E-state index contributed by atoms with van der Waals surface area (Å²) in [5.74, 6) is -0.592. The summed E-state index contributed by atoms with van der Waals surface area (Å²) in [5, 5.41) is 3.74. The minimum Gasteiger partial charge on any atom is -0.351 e. The normalized spacial score (nSPS) is 15.0. The summed E-state index contributed by atoms with van der Waals surface area (Å²) in [6, 6.07) is 14.0. The third kappa shape index (κ3) is 2.79. The molecular formula is C21H19FN2O2. The molecule has 0 aliphatic heterocycles. The molecule has 2 aromatic carbocycles. The fourth-order valence-corrected chi connectivity index (χ4v) is 3.44. The van der Waals surface area contributed by atoms with Crippen LogP contribution in [0.2, 0.25) is 0 Å². The van der Waals surface area contributed by atoms with Crippen LogP contribution in [0, 0.1) is 12.7 Å². The Labute approximate surface area is 150 Å². The first kappa shape index (κ1) is 16.5. The molecule has 4 nitrogen and oxygen atoms in total. The van der Waals surface area contributed by atoms with Crippen molar-refractivity contribution in [1.82, 2.24) is 10.3 Å².